The first kappa shape index (κ1) is 21.9. The van der Waals surface area contributed by atoms with E-state index in [-0.39, 0.29) is 23.9 Å². The minimum atomic E-state index is -1.05. The second-order valence-corrected chi connectivity index (χ2v) is 7.56. The van der Waals surface area contributed by atoms with Crippen LogP contribution in [0.5, 0.6) is 5.75 Å². The molecule has 2 unspecified atom stereocenters. The number of ether oxygens (including phenoxy) is 2. The van der Waals surface area contributed by atoms with Crippen LogP contribution in [0, 0.1) is 0 Å². The first-order valence-electron chi connectivity index (χ1n) is 9.28. The summed E-state index contributed by atoms with van der Waals surface area (Å²) in [7, 11) is 0. The normalized spacial score (nSPS) is 16.3. The molecule has 0 aromatic heterocycles. The summed E-state index contributed by atoms with van der Waals surface area (Å²) in [6.07, 6.45) is -1.77. The van der Waals surface area contributed by atoms with Crippen molar-refractivity contribution in [3.8, 4) is 5.75 Å². The van der Waals surface area contributed by atoms with E-state index in [1.54, 1.807) is 43.3 Å². The second-order valence-electron chi connectivity index (χ2n) is 6.71. The fourth-order valence-corrected chi connectivity index (χ4v) is 3.38. The van der Waals surface area contributed by atoms with E-state index in [1.165, 1.54) is 17.9 Å². The number of halogens is 2. The molecule has 0 saturated carbocycles. The van der Waals surface area contributed by atoms with E-state index >= 15 is 0 Å². The summed E-state index contributed by atoms with van der Waals surface area (Å²) in [5, 5.41) is 3.29. The lowest BCUT2D eigenvalue weighted by Gasteiger charge is -2.32. The van der Waals surface area contributed by atoms with Crippen LogP contribution in [0.15, 0.2) is 42.5 Å². The predicted octanol–water partition coefficient (Wildman–Crippen LogP) is 4.07. The number of nitrogens with zero attached hydrogens (tertiary/aromatic N) is 1. The first-order valence-corrected chi connectivity index (χ1v) is 10.0. The molecule has 9 heteroatoms. The van der Waals surface area contributed by atoms with E-state index in [0.717, 1.165) is 0 Å². The molecule has 0 spiro atoms. The van der Waals surface area contributed by atoms with Gasteiger partial charge in [-0.05, 0) is 44.2 Å². The standard InChI is InChI=1S/C21H20Cl2N2O5/c1-12(20(27)24-16-8-7-14(22)11-15(16)23)30-19(26)9-10-25-17-5-3-4-6-18(17)29-13(2)21(25)28/h3-8,11-13H,9-10H2,1-2H3,(H,24,27). The Morgan fingerprint density at radius 3 is 2.70 bits per heavy atom. The molecule has 0 saturated heterocycles. The van der Waals surface area contributed by atoms with Crippen molar-refractivity contribution in [2.75, 3.05) is 16.8 Å². The molecule has 0 radical (unpaired) electrons. The Labute approximate surface area is 183 Å². The molecule has 3 rings (SSSR count). The van der Waals surface area contributed by atoms with Gasteiger partial charge in [-0.25, -0.2) is 0 Å². The number of hydrogen-bond donors (Lipinski definition) is 1. The van der Waals surface area contributed by atoms with Crippen LogP contribution >= 0.6 is 23.2 Å². The predicted molar refractivity (Wildman–Crippen MR) is 114 cm³/mol. The first-order chi connectivity index (χ1) is 14.3. The van der Waals surface area contributed by atoms with Gasteiger partial charge in [-0.15, -0.1) is 0 Å². The van der Waals surface area contributed by atoms with Crippen LogP contribution in [0.3, 0.4) is 0 Å². The largest absolute Gasteiger partial charge is 0.479 e. The Morgan fingerprint density at radius 1 is 1.23 bits per heavy atom. The topological polar surface area (TPSA) is 84.9 Å². The molecule has 0 aliphatic carbocycles. The minimum Gasteiger partial charge on any atom is -0.479 e. The highest BCUT2D eigenvalue weighted by molar-refractivity contribution is 6.36. The van der Waals surface area contributed by atoms with E-state index in [4.69, 9.17) is 32.7 Å². The van der Waals surface area contributed by atoms with Crippen molar-refractivity contribution in [1.82, 2.24) is 0 Å². The molecule has 2 atom stereocenters. The molecule has 158 valence electrons. The third-order valence-electron chi connectivity index (χ3n) is 4.48. The van der Waals surface area contributed by atoms with Crippen LogP contribution in [0.25, 0.3) is 0 Å². The van der Waals surface area contributed by atoms with Crippen molar-refractivity contribution in [2.24, 2.45) is 0 Å². The number of nitrogens with one attached hydrogen (secondary N) is 1. The van der Waals surface area contributed by atoms with Gasteiger partial charge in [-0.2, -0.15) is 0 Å². The number of esters is 1. The zero-order valence-corrected chi connectivity index (χ0v) is 17.9. The summed E-state index contributed by atoms with van der Waals surface area (Å²) in [5.41, 5.74) is 0.954. The monoisotopic (exact) mass is 450 g/mol. The zero-order valence-electron chi connectivity index (χ0n) is 16.4. The van der Waals surface area contributed by atoms with Crippen molar-refractivity contribution in [3.63, 3.8) is 0 Å². The van der Waals surface area contributed by atoms with Crippen molar-refractivity contribution >= 4 is 52.4 Å². The number of anilines is 2. The molecule has 1 N–H and O–H groups in total. The number of fused-ring (bicyclic) bond motifs is 1. The average Bonchev–Trinajstić information content (AvgIpc) is 2.70. The molecule has 7 nitrogen and oxygen atoms in total. The number of para-hydroxylation sites is 2. The smallest absolute Gasteiger partial charge is 0.308 e. The maximum absolute atomic E-state index is 12.5. The maximum atomic E-state index is 12.5. The van der Waals surface area contributed by atoms with Gasteiger partial charge in [-0.1, -0.05) is 35.3 Å². The molecule has 1 heterocycles. The van der Waals surface area contributed by atoms with Gasteiger partial charge in [0.1, 0.15) is 5.75 Å². The van der Waals surface area contributed by atoms with Gasteiger partial charge >= 0.3 is 5.97 Å². The van der Waals surface area contributed by atoms with E-state index in [0.29, 0.717) is 22.1 Å². The van der Waals surface area contributed by atoms with Crippen LogP contribution < -0.4 is 15.0 Å². The zero-order chi connectivity index (χ0) is 21.8. The lowest BCUT2D eigenvalue weighted by Crippen LogP contribution is -2.45. The highest BCUT2D eigenvalue weighted by Crippen LogP contribution is 2.33. The van der Waals surface area contributed by atoms with E-state index in [2.05, 4.69) is 5.32 Å². The Bertz CT molecular complexity index is 982. The molecular formula is C21H20Cl2N2O5. The SMILES string of the molecule is CC(OC(=O)CCN1C(=O)C(C)Oc2ccccc21)C(=O)Nc1ccc(Cl)cc1Cl. The van der Waals surface area contributed by atoms with Gasteiger partial charge in [0.05, 0.1) is 22.8 Å². The van der Waals surface area contributed by atoms with Gasteiger partial charge in [0.25, 0.3) is 11.8 Å². The summed E-state index contributed by atoms with van der Waals surface area (Å²) in [5.74, 6) is -0.812. The lowest BCUT2D eigenvalue weighted by molar-refractivity contribution is -0.153. The van der Waals surface area contributed by atoms with Crippen molar-refractivity contribution in [1.29, 1.82) is 0 Å². The Hall–Kier alpha value is -2.77. The molecule has 2 amide bonds. The van der Waals surface area contributed by atoms with Crippen LogP contribution in [-0.4, -0.2) is 36.5 Å². The third kappa shape index (κ3) is 5.04. The van der Waals surface area contributed by atoms with E-state index in [1.807, 2.05) is 0 Å². The second kappa shape index (κ2) is 9.36. The van der Waals surface area contributed by atoms with Gasteiger partial charge < -0.3 is 19.7 Å². The summed E-state index contributed by atoms with van der Waals surface area (Å²) < 4.78 is 10.8. The minimum absolute atomic E-state index is 0.0773. The van der Waals surface area contributed by atoms with Crippen LogP contribution in [0.2, 0.25) is 10.0 Å². The van der Waals surface area contributed by atoms with Crippen molar-refractivity contribution in [3.05, 3.63) is 52.5 Å². The van der Waals surface area contributed by atoms with Gasteiger partial charge in [0, 0.05) is 11.6 Å². The number of benzene rings is 2. The van der Waals surface area contributed by atoms with Gasteiger partial charge in [0.15, 0.2) is 12.2 Å². The highest BCUT2D eigenvalue weighted by atomic mass is 35.5. The maximum Gasteiger partial charge on any atom is 0.308 e. The van der Waals surface area contributed by atoms with Crippen LogP contribution in [0.4, 0.5) is 11.4 Å². The number of rotatable bonds is 6. The summed E-state index contributed by atoms with van der Waals surface area (Å²) >= 11 is 11.9. The Kier molecular flexibility index (Phi) is 6.84. The molecule has 0 fully saturated rings. The fourth-order valence-electron chi connectivity index (χ4n) is 2.93. The van der Waals surface area contributed by atoms with Gasteiger partial charge in [-0.3, -0.25) is 14.4 Å². The Morgan fingerprint density at radius 2 is 1.97 bits per heavy atom. The molecule has 30 heavy (non-hydrogen) atoms. The van der Waals surface area contributed by atoms with Crippen LogP contribution in [0.1, 0.15) is 20.3 Å². The number of amides is 2. The fraction of sp³-hybridized carbons (Fsp3) is 0.286. The third-order valence-corrected chi connectivity index (χ3v) is 5.03. The summed E-state index contributed by atoms with van der Waals surface area (Å²) in [6.45, 7) is 3.21. The quantitative estimate of drug-likeness (QED) is 0.670. The highest BCUT2D eigenvalue weighted by Gasteiger charge is 2.31. The molecule has 1 aliphatic rings. The molecule has 2 aromatic carbocycles. The molecule has 0 bridgehead atoms. The van der Waals surface area contributed by atoms with Crippen LogP contribution in [-0.2, 0) is 19.1 Å². The summed E-state index contributed by atoms with van der Waals surface area (Å²) in [6, 6.07) is 11.7. The average molecular weight is 451 g/mol. The number of carbonyl (C=O) groups excluding carboxylic acids is 3. The molecule has 2 aromatic rings. The Balaban J connectivity index is 1.56. The summed E-state index contributed by atoms with van der Waals surface area (Å²) in [4.78, 5) is 38.5. The van der Waals surface area contributed by atoms with Crippen molar-refractivity contribution in [2.45, 2.75) is 32.5 Å². The van der Waals surface area contributed by atoms with E-state index in [9.17, 15) is 14.4 Å². The molecular weight excluding hydrogens is 431 g/mol. The van der Waals surface area contributed by atoms with Gasteiger partial charge in [0.2, 0.25) is 0 Å². The lowest BCUT2D eigenvalue weighted by atomic mass is 10.2. The molecule has 1 aliphatic heterocycles. The van der Waals surface area contributed by atoms with E-state index < -0.39 is 24.1 Å². The van der Waals surface area contributed by atoms with Crippen molar-refractivity contribution < 1.29 is 23.9 Å². The number of hydrogen-bond acceptors (Lipinski definition) is 5. The number of carbonyl (C=O) groups is 3.